The van der Waals surface area contributed by atoms with Crippen molar-refractivity contribution in [3.63, 3.8) is 0 Å². The van der Waals surface area contributed by atoms with Crippen LogP contribution < -0.4 is 11.1 Å². The normalized spacial score (nSPS) is 22.7. The number of rotatable bonds is 4. The molecule has 1 fully saturated rings. The van der Waals surface area contributed by atoms with E-state index >= 15 is 0 Å². The van der Waals surface area contributed by atoms with Gasteiger partial charge in [-0.05, 0) is 19.3 Å². The number of nitrogens with two attached hydrogens (primary N) is 1. The molecule has 0 unspecified atom stereocenters. The second-order valence-corrected chi connectivity index (χ2v) is 5.80. The van der Waals surface area contributed by atoms with Crippen LogP contribution in [0.4, 0.5) is 11.8 Å². The zero-order chi connectivity index (χ0) is 14.4. The quantitative estimate of drug-likeness (QED) is 0.621. The minimum atomic E-state index is 0. The maximum absolute atomic E-state index is 9.26. The maximum Gasteiger partial charge on any atom is 0.224 e. The number of hydrogen-bond donors (Lipinski definition) is 3. The highest BCUT2D eigenvalue weighted by Crippen LogP contribution is 2.32. The molecule has 2 aromatic heterocycles. The monoisotopic (exact) mass is 446 g/mol. The molecule has 2 atom stereocenters. The lowest BCUT2D eigenvalue weighted by atomic mass is 10.1. The average Bonchev–Trinajstić information content (AvgIpc) is 3.01. The van der Waals surface area contributed by atoms with E-state index in [-0.39, 0.29) is 58.5 Å². The van der Waals surface area contributed by atoms with E-state index in [1.54, 1.807) is 6.33 Å². The molecule has 1 saturated carbocycles. The number of hydrogen-bond acceptors (Lipinski definition) is 6. The van der Waals surface area contributed by atoms with E-state index in [2.05, 4.69) is 26.3 Å². The van der Waals surface area contributed by atoms with Crippen LogP contribution in [0.15, 0.2) is 18.5 Å². The number of halogens is 2. The first-order chi connectivity index (χ1) is 10.2. The molecule has 4 rings (SSSR count). The summed E-state index contributed by atoms with van der Waals surface area (Å²) in [6.07, 6.45) is 9.10. The molecule has 126 valence electrons. The molecule has 7 nitrogen and oxygen atoms in total. The Balaban J connectivity index is 0.000000960. The third-order valence-corrected chi connectivity index (χ3v) is 4.10. The smallest absolute Gasteiger partial charge is 0.224 e. The van der Waals surface area contributed by atoms with Crippen LogP contribution in [0, 0.1) is 5.92 Å². The summed E-state index contributed by atoms with van der Waals surface area (Å²) < 4.78 is 2.01. The molecule has 9 heteroatoms. The molecule has 0 amide bonds. The van der Waals surface area contributed by atoms with Crippen LogP contribution in [0.5, 0.6) is 0 Å². The van der Waals surface area contributed by atoms with E-state index in [1.807, 2.05) is 10.6 Å². The third kappa shape index (κ3) is 3.51. The van der Waals surface area contributed by atoms with Crippen LogP contribution >= 0.6 is 34.0 Å². The van der Waals surface area contributed by atoms with Crippen molar-refractivity contribution in [1.82, 2.24) is 19.5 Å². The summed E-state index contributed by atoms with van der Waals surface area (Å²) in [5.41, 5.74) is 7.35. The van der Waals surface area contributed by atoms with E-state index in [0.717, 1.165) is 36.2 Å². The molecular formula is C14H20Br2N6O. The van der Waals surface area contributed by atoms with Gasteiger partial charge in [0.1, 0.15) is 0 Å². The molecule has 0 bridgehead atoms. The molecule has 4 N–H and O–H groups in total. The molecule has 0 saturated heterocycles. The first-order valence-corrected chi connectivity index (χ1v) is 7.30. The van der Waals surface area contributed by atoms with Gasteiger partial charge in [0.2, 0.25) is 5.95 Å². The molecule has 0 aliphatic heterocycles. The van der Waals surface area contributed by atoms with Crippen LogP contribution in [0.1, 0.15) is 25.3 Å². The number of nitrogen functional groups attached to an aromatic ring is 1. The average molecular weight is 448 g/mol. The Morgan fingerprint density at radius 1 is 1.26 bits per heavy atom. The van der Waals surface area contributed by atoms with Gasteiger partial charge in [0, 0.05) is 18.6 Å². The highest BCUT2D eigenvalue weighted by Gasteiger charge is 2.26. The predicted molar refractivity (Wildman–Crippen MR) is 100 cm³/mol. The molecule has 23 heavy (non-hydrogen) atoms. The first kappa shape index (κ1) is 18.2. The van der Waals surface area contributed by atoms with Crippen LogP contribution in [0.25, 0.3) is 11.2 Å². The van der Waals surface area contributed by atoms with Gasteiger partial charge in [0.05, 0.1) is 12.4 Å². The van der Waals surface area contributed by atoms with Gasteiger partial charge in [-0.3, -0.25) is 0 Å². The fraction of sp³-hybridized carbons (Fsp3) is 0.500. The summed E-state index contributed by atoms with van der Waals surface area (Å²) in [6, 6.07) is 0.646. The van der Waals surface area contributed by atoms with Gasteiger partial charge in [-0.25, -0.2) is 4.98 Å². The van der Waals surface area contributed by atoms with Crippen molar-refractivity contribution in [2.45, 2.75) is 31.3 Å². The van der Waals surface area contributed by atoms with Crippen molar-refractivity contribution < 1.29 is 5.11 Å². The molecule has 0 spiro atoms. The van der Waals surface area contributed by atoms with E-state index in [9.17, 15) is 5.11 Å². The molecule has 0 aromatic carbocycles. The second kappa shape index (κ2) is 7.14. The van der Waals surface area contributed by atoms with E-state index in [0.29, 0.717) is 6.04 Å². The first-order valence-electron chi connectivity index (χ1n) is 7.30. The van der Waals surface area contributed by atoms with Gasteiger partial charge in [-0.2, -0.15) is 9.97 Å². The number of allylic oxidation sites excluding steroid dienone is 1. The number of nitrogens with one attached hydrogen (secondary N) is 1. The molecule has 2 heterocycles. The van der Waals surface area contributed by atoms with Crippen molar-refractivity contribution in [2.75, 3.05) is 17.7 Å². The standard InChI is InChI=1S/C14H18N6O.2BrH/c15-14-18-12(17-9-2-3-9)11-13(19-14)20(7-16-11)10-4-1-8(5-10)6-21;;/h1,4,7-10,21H,2-3,5-6H2,(H3,15,17,18,19);2*1H/t8-,10+;;/m1../s1. The Labute approximate surface area is 154 Å². The van der Waals surface area contributed by atoms with Crippen LogP contribution in [0.3, 0.4) is 0 Å². The Morgan fingerprint density at radius 2 is 2.04 bits per heavy atom. The summed E-state index contributed by atoms with van der Waals surface area (Å²) in [5.74, 6) is 1.18. The summed E-state index contributed by atoms with van der Waals surface area (Å²) in [4.78, 5) is 13.1. The van der Waals surface area contributed by atoms with E-state index in [1.165, 1.54) is 0 Å². The Hall–Kier alpha value is -1.19. The molecule has 2 aromatic rings. The zero-order valence-corrected chi connectivity index (χ0v) is 15.8. The minimum Gasteiger partial charge on any atom is -0.396 e. The predicted octanol–water partition coefficient (Wildman–Crippen LogP) is 2.25. The maximum atomic E-state index is 9.26. The van der Waals surface area contributed by atoms with Crippen molar-refractivity contribution >= 4 is 56.9 Å². The molecular weight excluding hydrogens is 428 g/mol. The summed E-state index contributed by atoms with van der Waals surface area (Å²) in [7, 11) is 0. The number of imidazole rings is 1. The lowest BCUT2D eigenvalue weighted by Crippen LogP contribution is -2.10. The molecule has 0 radical (unpaired) electrons. The number of anilines is 2. The number of aliphatic hydroxyl groups is 1. The Kier molecular flexibility index (Phi) is 5.64. The van der Waals surface area contributed by atoms with Gasteiger partial charge in [0.15, 0.2) is 17.0 Å². The Morgan fingerprint density at radius 3 is 2.70 bits per heavy atom. The lowest BCUT2D eigenvalue weighted by Gasteiger charge is -2.13. The number of aromatic nitrogens is 4. The van der Waals surface area contributed by atoms with E-state index in [4.69, 9.17) is 5.73 Å². The molecule has 2 aliphatic rings. The van der Waals surface area contributed by atoms with Gasteiger partial charge in [-0.15, -0.1) is 34.0 Å². The van der Waals surface area contributed by atoms with Gasteiger partial charge in [0.25, 0.3) is 0 Å². The van der Waals surface area contributed by atoms with Crippen LogP contribution in [-0.4, -0.2) is 37.3 Å². The number of fused-ring (bicyclic) bond motifs is 1. The summed E-state index contributed by atoms with van der Waals surface area (Å²) in [5, 5.41) is 12.6. The van der Waals surface area contributed by atoms with Gasteiger partial charge >= 0.3 is 0 Å². The van der Waals surface area contributed by atoms with Crippen LogP contribution in [-0.2, 0) is 0 Å². The SMILES string of the molecule is Br.Br.Nc1nc(NC2CC2)c2ncn([C@H]3C=C[C@@H](CO)C3)c2n1. The van der Waals surface area contributed by atoms with Crippen LogP contribution in [0.2, 0.25) is 0 Å². The minimum absolute atomic E-state index is 0. The second-order valence-electron chi connectivity index (χ2n) is 5.80. The highest BCUT2D eigenvalue weighted by atomic mass is 79.9. The highest BCUT2D eigenvalue weighted by molar-refractivity contribution is 8.93. The van der Waals surface area contributed by atoms with E-state index < -0.39 is 0 Å². The van der Waals surface area contributed by atoms with Crippen molar-refractivity contribution in [1.29, 1.82) is 0 Å². The van der Waals surface area contributed by atoms with Crippen molar-refractivity contribution in [3.8, 4) is 0 Å². The fourth-order valence-corrected chi connectivity index (χ4v) is 2.79. The zero-order valence-electron chi connectivity index (χ0n) is 12.4. The number of aliphatic hydroxyl groups excluding tert-OH is 1. The molecule has 2 aliphatic carbocycles. The van der Waals surface area contributed by atoms with Crippen molar-refractivity contribution in [3.05, 3.63) is 18.5 Å². The Bertz CT molecular complexity index is 715. The topological polar surface area (TPSA) is 102 Å². The summed E-state index contributed by atoms with van der Waals surface area (Å²) >= 11 is 0. The largest absolute Gasteiger partial charge is 0.396 e. The van der Waals surface area contributed by atoms with Gasteiger partial charge < -0.3 is 20.7 Å². The number of nitrogens with zero attached hydrogens (tertiary/aromatic N) is 4. The summed E-state index contributed by atoms with van der Waals surface area (Å²) in [6.45, 7) is 0.172. The lowest BCUT2D eigenvalue weighted by molar-refractivity contribution is 0.244. The van der Waals surface area contributed by atoms with Crippen molar-refractivity contribution in [2.24, 2.45) is 5.92 Å². The fourth-order valence-electron chi connectivity index (χ4n) is 2.79. The third-order valence-electron chi connectivity index (χ3n) is 4.10. The van der Waals surface area contributed by atoms with Gasteiger partial charge in [-0.1, -0.05) is 12.2 Å².